The van der Waals surface area contributed by atoms with Crippen LogP contribution in [0.15, 0.2) is 24.3 Å². The van der Waals surface area contributed by atoms with Crippen molar-refractivity contribution in [1.82, 2.24) is 0 Å². The zero-order valence-corrected chi connectivity index (χ0v) is 13.0. The van der Waals surface area contributed by atoms with E-state index in [4.69, 9.17) is 9.47 Å². The number of fused-ring (bicyclic) bond motifs is 1. The van der Waals surface area contributed by atoms with Crippen LogP contribution in [0.3, 0.4) is 0 Å². The van der Waals surface area contributed by atoms with Crippen molar-refractivity contribution in [3.63, 3.8) is 0 Å². The summed E-state index contributed by atoms with van der Waals surface area (Å²) in [5.74, 6) is 1.42. The number of anilines is 1. The molecule has 3 rings (SSSR count). The van der Waals surface area contributed by atoms with Crippen molar-refractivity contribution in [1.29, 1.82) is 0 Å². The molecule has 1 N–H and O–H groups in total. The summed E-state index contributed by atoms with van der Waals surface area (Å²) in [5.41, 5.74) is 1.88. The Balaban J connectivity index is 2.12. The first kappa shape index (κ1) is 13.9. The normalized spacial score (nSPS) is 17.1. The van der Waals surface area contributed by atoms with Crippen molar-refractivity contribution in [2.75, 3.05) is 19.5 Å². The van der Waals surface area contributed by atoms with Gasteiger partial charge in [0, 0.05) is 33.8 Å². The predicted octanol–water partition coefficient (Wildman–Crippen LogP) is 3.55. The molecule has 0 spiro atoms. The van der Waals surface area contributed by atoms with Gasteiger partial charge in [-0.1, -0.05) is 0 Å². The van der Waals surface area contributed by atoms with Gasteiger partial charge in [0.1, 0.15) is 0 Å². The van der Waals surface area contributed by atoms with Gasteiger partial charge in [-0.05, 0) is 30.7 Å². The molecule has 0 fully saturated rings. The Morgan fingerprint density at radius 3 is 2.52 bits per heavy atom. The van der Waals surface area contributed by atoms with E-state index in [1.165, 1.54) is 9.75 Å². The largest absolute Gasteiger partial charge is 0.493 e. The molecule has 0 radical (unpaired) electrons. The zero-order chi connectivity index (χ0) is 15.0. The van der Waals surface area contributed by atoms with Gasteiger partial charge in [0.15, 0.2) is 11.5 Å². The molecule has 1 unspecified atom stereocenters. The molecule has 1 aromatic carbocycles. The molecule has 21 heavy (non-hydrogen) atoms. The van der Waals surface area contributed by atoms with E-state index < -0.39 is 0 Å². The summed E-state index contributed by atoms with van der Waals surface area (Å²) < 4.78 is 10.7. The van der Waals surface area contributed by atoms with Crippen LogP contribution in [0, 0.1) is 6.92 Å². The van der Waals surface area contributed by atoms with Gasteiger partial charge >= 0.3 is 0 Å². The van der Waals surface area contributed by atoms with E-state index in [1.54, 1.807) is 25.6 Å². The van der Waals surface area contributed by atoms with Gasteiger partial charge in [-0.15, -0.1) is 11.3 Å². The molecule has 2 heterocycles. The number of thiophene rings is 1. The van der Waals surface area contributed by atoms with E-state index >= 15 is 0 Å². The van der Waals surface area contributed by atoms with Crippen molar-refractivity contribution < 1.29 is 14.3 Å². The second-order valence-corrected chi connectivity index (χ2v) is 6.37. The molecule has 0 saturated heterocycles. The number of hydrogen-bond donors (Lipinski definition) is 1. The smallest absolute Gasteiger partial charge is 0.225 e. The monoisotopic (exact) mass is 303 g/mol. The molecule has 0 aliphatic carbocycles. The van der Waals surface area contributed by atoms with Crippen LogP contribution < -0.4 is 14.8 Å². The molecule has 1 amide bonds. The topological polar surface area (TPSA) is 47.6 Å². The lowest BCUT2D eigenvalue weighted by molar-refractivity contribution is -0.116. The maximum atomic E-state index is 12.0. The molecule has 5 heteroatoms. The highest BCUT2D eigenvalue weighted by molar-refractivity contribution is 7.12. The van der Waals surface area contributed by atoms with Crippen molar-refractivity contribution >= 4 is 22.9 Å². The fourth-order valence-corrected chi connectivity index (χ4v) is 3.68. The highest BCUT2D eigenvalue weighted by atomic mass is 32.1. The number of methoxy groups -OCH3 is 2. The second kappa shape index (κ2) is 5.41. The minimum atomic E-state index is 0.0331. The molecular weight excluding hydrogens is 286 g/mol. The number of rotatable bonds is 3. The van der Waals surface area contributed by atoms with Crippen molar-refractivity contribution in [3.05, 3.63) is 39.6 Å². The molecular formula is C16H17NO3S. The van der Waals surface area contributed by atoms with Crippen molar-refractivity contribution in [2.24, 2.45) is 0 Å². The first-order valence-corrected chi connectivity index (χ1v) is 7.56. The van der Waals surface area contributed by atoms with Gasteiger partial charge in [0.25, 0.3) is 0 Å². The van der Waals surface area contributed by atoms with Gasteiger partial charge in [-0.25, -0.2) is 0 Å². The number of nitrogens with one attached hydrogen (secondary N) is 1. The standard InChI is InChI=1S/C16H17NO3S/c1-9-4-5-15(21-9)11-7-16(18)17-12-8-14(20-3)13(19-2)6-10(11)12/h4-6,8,11H,7H2,1-3H3,(H,17,18). The third-order valence-corrected chi connectivity index (χ3v) is 4.81. The fourth-order valence-electron chi connectivity index (χ4n) is 2.68. The van der Waals surface area contributed by atoms with Gasteiger partial charge in [0.05, 0.1) is 14.2 Å². The Bertz CT molecular complexity index is 693. The van der Waals surface area contributed by atoms with Gasteiger partial charge < -0.3 is 14.8 Å². The summed E-state index contributed by atoms with van der Waals surface area (Å²) in [6, 6.07) is 7.99. The molecule has 1 aromatic heterocycles. The maximum Gasteiger partial charge on any atom is 0.225 e. The Kier molecular flexibility index (Phi) is 3.59. The van der Waals surface area contributed by atoms with Crippen LogP contribution in [0.1, 0.15) is 27.7 Å². The highest BCUT2D eigenvalue weighted by Crippen LogP contribution is 2.44. The van der Waals surface area contributed by atoms with Crippen LogP contribution in [0.2, 0.25) is 0 Å². The number of ether oxygens (including phenoxy) is 2. The Morgan fingerprint density at radius 2 is 1.90 bits per heavy atom. The molecule has 1 atom stereocenters. The van der Waals surface area contributed by atoms with E-state index in [9.17, 15) is 4.79 Å². The quantitative estimate of drug-likeness (QED) is 0.943. The van der Waals surface area contributed by atoms with Gasteiger partial charge in [-0.3, -0.25) is 4.79 Å². The zero-order valence-electron chi connectivity index (χ0n) is 12.2. The summed E-state index contributed by atoms with van der Waals surface area (Å²) in [5, 5.41) is 2.92. The number of hydrogen-bond acceptors (Lipinski definition) is 4. The Labute approximate surface area is 127 Å². The highest BCUT2D eigenvalue weighted by Gasteiger charge is 2.29. The second-order valence-electron chi connectivity index (χ2n) is 5.05. The van der Waals surface area contributed by atoms with Crippen LogP contribution in [0.5, 0.6) is 11.5 Å². The number of carbonyl (C=O) groups is 1. The van der Waals surface area contributed by atoms with Crippen LogP contribution >= 0.6 is 11.3 Å². The first-order chi connectivity index (χ1) is 10.1. The van der Waals surface area contributed by atoms with Crippen LogP contribution in [0.25, 0.3) is 0 Å². The van der Waals surface area contributed by atoms with Crippen LogP contribution in [-0.2, 0) is 4.79 Å². The molecule has 2 aromatic rings. The van der Waals surface area contributed by atoms with Crippen LogP contribution in [-0.4, -0.2) is 20.1 Å². The molecule has 0 saturated carbocycles. The minimum Gasteiger partial charge on any atom is -0.493 e. The number of benzene rings is 1. The molecule has 1 aliphatic rings. The average Bonchev–Trinajstić information content (AvgIpc) is 2.91. The van der Waals surface area contributed by atoms with Crippen molar-refractivity contribution in [2.45, 2.75) is 19.3 Å². The fraction of sp³-hybridized carbons (Fsp3) is 0.312. The third kappa shape index (κ3) is 2.49. The summed E-state index contributed by atoms with van der Waals surface area (Å²) >= 11 is 1.73. The van der Waals surface area contributed by atoms with E-state index in [0.717, 1.165) is 11.3 Å². The van der Waals surface area contributed by atoms with Gasteiger partial charge in [-0.2, -0.15) is 0 Å². The lowest BCUT2D eigenvalue weighted by Gasteiger charge is -2.26. The lowest BCUT2D eigenvalue weighted by atomic mass is 9.89. The van der Waals surface area contributed by atoms with E-state index in [2.05, 4.69) is 24.4 Å². The lowest BCUT2D eigenvalue weighted by Crippen LogP contribution is -2.23. The molecule has 110 valence electrons. The number of aryl methyl sites for hydroxylation is 1. The summed E-state index contributed by atoms with van der Waals surface area (Å²) in [4.78, 5) is 14.4. The summed E-state index contributed by atoms with van der Waals surface area (Å²) in [7, 11) is 3.21. The molecule has 0 bridgehead atoms. The van der Waals surface area contributed by atoms with E-state index in [1.807, 2.05) is 12.1 Å². The van der Waals surface area contributed by atoms with E-state index in [-0.39, 0.29) is 11.8 Å². The Morgan fingerprint density at radius 1 is 1.19 bits per heavy atom. The third-order valence-electron chi connectivity index (χ3n) is 3.70. The van der Waals surface area contributed by atoms with Gasteiger partial charge in [0.2, 0.25) is 5.91 Å². The van der Waals surface area contributed by atoms with E-state index in [0.29, 0.717) is 17.9 Å². The number of amides is 1. The predicted molar refractivity (Wildman–Crippen MR) is 83.7 cm³/mol. The van der Waals surface area contributed by atoms with Crippen molar-refractivity contribution in [3.8, 4) is 11.5 Å². The van der Waals surface area contributed by atoms with Crippen LogP contribution in [0.4, 0.5) is 5.69 Å². The summed E-state index contributed by atoms with van der Waals surface area (Å²) in [6.07, 6.45) is 0.461. The minimum absolute atomic E-state index is 0.0331. The number of carbonyl (C=O) groups excluding carboxylic acids is 1. The first-order valence-electron chi connectivity index (χ1n) is 6.74. The SMILES string of the molecule is COc1cc2c(cc1OC)C(c1ccc(C)s1)CC(=O)N2. The molecule has 4 nitrogen and oxygen atoms in total. The Hall–Kier alpha value is -2.01. The maximum absolute atomic E-state index is 12.0. The average molecular weight is 303 g/mol. The molecule has 1 aliphatic heterocycles. The summed E-state index contributed by atoms with van der Waals surface area (Å²) in [6.45, 7) is 2.08.